The summed E-state index contributed by atoms with van der Waals surface area (Å²) in [6.45, 7) is 0.523. The van der Waals surface area contributed by atoms with Crippen molar-refractivity contribution in [2.45, 2.75) is 25.7 Å². The molecule has 9 heteroatoms. The van der Waals surface area contributed by atoms with Gasteiger partial charge in [0.25, 0.3) is 0 Å². The Morgan fingerprint density at radius 2 is 0.889 bits per heavy atom. The fourth-order valence-electron chi connectivity index (χ4n) is 2.21. The molecule has 4 N–H and O–H groups in total. The van der Waals surface area contributed by atoms with E-state index in [1.165, 1.54) is 0 Å². The molecule has 0 radical (unpaired) electrons. The molecule has 0 unspecified atom stereocenters. The minimum Gasteiger partial charge on any atom is -0.396 e. The van der Waals surface area contributed by atoms with Crippen molar-refractivity contribution in [3.8, 4) is 0 Å². The number of unbranched alkanes of at least 4 members (excludes halogenated alkanes) is 2. The summed E-state index contributed by atoms with van der Waals surface area (Å²) < 4.78 is 17.1. The van der Waals surface area contributed by atoms with Crippen LogP contribution in [0.4, 0.5) is 0 Å². The van der Waals surface area contributed by atoms with Gasteiger partial charge in [-0.15, -0.1) is 0 Å². The van der Waals surface area contributed by atoms with E-state index in [0.29, 0.717) is 13.2 Å². The molecule has 0 aliphatic carbocycles. The maximum Gasteiger partial charge on any atom is 0.0635 e. The lowest BCUT2D eigenvalue weighted by atomic mass is 9.90. The van der Waals surface area contributed by atoms with E-state index in [9.17, 15) is 20.4 Å². The highest BCUT2D eigenvalue weighted by molar-refractivity contribution is 9.09. The fraction of sp³-hybridized carbons (Fsp3) is 1.00. The van der Waals surface area contributed by atoms with Crippen molar-refractivity contribution < 1.29 is 34.6 Å². The minimum absolute atomic E-state index is 0.0224. The highest BCUT2D eigenvalue weighted by atomic mass is 79.9. The highest BCUT2D eigenvalue weighted by Gasteiger charge is 2.34. The number of aliphatic hydroxyl groups excluding tert-OH is 4. The summed E-state index contributed by atoms with van der Waals surface area (Å²) in [7, 11) is 0. The molecule has 0 saturated heterocycles. The van der Waals surface area contributed by atoms with Crippen LogP contribution in [-0.2, 0) is 14.2 Å². The summed E-state index contributed by atoms with van der Waals surface area (Å²) >= 11 is 6.76. The van der Waals surface area contributed by atoms with Gasteiger partial charge in [-0.25, -0.2) is 0 Å². The molecule has 27 heavy (non-hydrogen) atoms. The smallest absolute Gasteiger partial charge is 0.0635 e. The maximum atomic E-state index is 9.98. The van der Waals surface area contributed by atoms with E-state index in [-0.39, 0.29) is 33.0 Å². The number of hydrogen-bond donors (Lipinski definition) is 4. The van der Waals surface area contributed by atoms with Gasteiger partial charge < -0.3 is 34.6 Å². The molecule has 164 valence electrons. The van der Waals surface area contributed by atoms with Crippen molar-refractivity contribution in [3.05, 3.63) is 0 Å². The number of rotatable bonds is 20. The zero-order valence-electron chi connectivity index (χ0n) is 16.1. The minimum atomic E-state index is -1.10. The number of aliphatic hydroxyl groups is 4. The third-order valence-electron chi connectivity index (χ3n) is 4.32. The summed E-state index contributed by atoms with van der Waals surface area (Å²) in [6.07, 6.45) is 3.86. The standard InChI is InChI=1S/C18H36Br2O7/c19-5-1-3-7-25-14-18(12-24,15-26-8-4-2-6-20)16-27-13-17(9-21,10-22)11-23/h21-24H,1-16H2. The van der Waals surface area contributed by atoms with Gasteiger partial charge in [0.15, 0.2) is 0 Å². The molecule has 0 aliphatic rings. The second-order valence-electron chi connectivity index (χ2n) is 7.02. The van der Waals surface area contributed by atoms with Crippen LogP contribution in [0.2, 0.25) is 0 Å². The van der Waals surface area contributed by atoms with Gasteiger partial charge in [-0.1, -0.05) is 31.9 Å². The Morgan fingerprint density at radius 3 is 1.26 bits per heavy atom. The largest absolute Gasteiger partial charge is 0.396 e. The van der Waals surface area contributed by atoms with Crippen LogP contribution in [0.1, 0.15) is 25.7 Å². The Bertz CT molecular complexity index is 309. The molecule has 0 aliphatic heterocycles. The number of ether oxygens (including phenoxy) is 3. The Labute approximate surface area is 179 Å². The topological polar surface area (TPSA) is 109 Å². The summed E-state index contributed by atoms with van der Waals surface area (Å²) in [5.41, 5.74) is -1.83. The number of hydrogen-bond acceptors (Lipinski definition) is 7. The lowest BCUT2D eigenvalue weighted by Crippen LogP contribution is -2.44. The van der Waals surface area contributed by atoms with Crippen molar-refractivity contribution in [3.63, 3.8) is 0 Å². The van der Waals surface area contributed by atoms with Crippen molar-refractivity contribution in [1.29, 1.82) is 0 Å². The van der Waals surface area contributed by atoms with Crippen LogP contribution >= 0.6 is 31.9 Å². The molecule has 0 rings (SSSR count). The molecule has 0 aromatic heterocycles. The summed E-state index contributed by atoms with van der Waals surface area (Å²) in [5, 5.41) is 40.0. The van der Waals surface area contributed by atoms with Crippen molar-refractivity contribution in [2.75, 3.05) is 76.7 Å². The number of halogens is 2. The predicted molar refractivity (Wildman–Crippen MR) is 112 cm³/mol. The molecule has 0 bridgehead atoms. The van der Waals surface area contributed by atoms with E-state index in [2.05, 4.69) is 31.9 Å². The molecular formula is C18H36Br2O7. The molecule has 0 aromatic rings. The van der Waals surface area contributed by atoms with Crippen LogP contribution in [0.5, 0.6) is 0 Å². The first-order valence-corrected chi connectivity index (χ1v) is 11.6. The molecule has 0 saturated carbocycles. The quantitative estimate of drug-likeness (QED) is 0.141. The molecular weight excluding hydrogens is 488 g/mol. The van der Waals surface area contributed by atoms with Crippen LogP contribution in [-0.4, -0.2) is 97.2 Å². The van der Waals surface area contributed by atoms with Gasteiger partial charge in [-0.05, 0) is 25.7 Å². The summed E-state index contributed by atoms with van der Waals surface area (Å²) in [6, 6.07) is 0. The fourth-order valence-corrected chi connectivity index (χ4v) is 3.00. The third-order valence-corrected chi connectivity index (χ3v) is 5.44. The Morgan fingerprint density at radius 1 is 0.519 bits per heavy atom. The average molecular weight is 524 g/mol. The summed E-state index contributed by atoms with van der Waals surface area (Å²) in [5.74, 6) is 0. The van der Waals surface area contributed by atoms with Crippen molar-refractivity contribution in [2.24, 2.45) is 10.8 Å². The molecule has 0 amide bonds. The molecule has 0 atom stereocenters. The van der Waals surface area contributed by atoms with Gasteiger partial charge in [-0.2, -0.15) is 0 Å². The predicted octanol–water partition coefficient (Wildman–Crippen LogP) is 1.33. The van der Waals surface area contributed by atoms with Gasteiger partial charge in [0, 0.05) is 23.9 Å². The zero-order valence-corrected chi connectivity index (χ0v) is 19.3. The van der Waals surface area contributed by atoms with E-state index in [4.69, 9.17) is 14.2 Å². The monoisotopic (exact) mass is 522 g/mol. The summed E-state index contributed by atoms with van der Waals surface area (Å²) in [4.78, 5) is 0. The second kappa shape index (κ2) is 17.5. The van der Waals surface area contributed by atoms with Gasteiger partial charge in [0.05, 0.1) is 63.7 Å². The van der Waals surface area contributed by atoms with E-state index < -0.39 is 30.7 Å². The molecule has 0 spiro atoms. The first-order valence-electron chi connectivity index (χ1n) is 9.36. The molecule has 0 fully saturated rings. The number of alkyl halides is 2. The first kappa shape index (κ1) is 27.7. The molecule has 7 nitrogen and oxygen atoms in total. The first-order chi connectivity index (χ1) is 13.1. The lowest BCUT2D eigenvalue weighted by molar-refractivity contribution is -0.120. The van der Waals surface area contributed by atoms with E-state index in [1.807, 2.05) is 0 Å². The highest BCUT2D eigenvalue weighted by Crippen LogP contribution is 2.22. The van der Waals surface area contributed by atoms with E-state index in [0.717, 1.165) is 36.3 Å². The van der Waals surface area contributed by atoms with E-state index in [1.54, 1.807) is 0 Å². The normalized spacial score (nSPS) is 12.7. The maximum absolute atomic E-state index is 9.98. The second-order valence-corrected chi connectivity index (χ2v) is 8.61. The van der Waals surface area contributed by atoms with Crippen LogP contribution in [0.15, 0.2) is 0 Å². The van der Waals surface area contributed by atoms with Crippen LogP contribution in [0.3, 0.4) is 0 Å². The Hall–Kier alpha value is 0.680. The van der Waals surface area contributed by atoms with Crippen molar-refractivity contribution in [1.82, 2.24) is 0 Å². The van der Waals surface area contributed by atoms with Crippen LogP contribution < -0.4 is 0 Å². The Kier molecular flexibility index (Phi) is 18.0. The zero-order chi connectivity index (χ0) is 20.4. The van der Waals surface area contributed by atoms with Gasteiger partial charge in [0.1, 0.15) is 0 Å². The van der Waals surface area contributed by atoms with Gasteiger partial charge in [0.2, 0.25) is 0 Å². The third kappa shape index (κ3) is 12.1. The van der Waals surface area contributed by atoms with Gasteiger partial charge >= 0.3 is 0 Å². The van der Waals surface area contributed by atoms with Crippen LogP contribution in [0.25, 0.3) is 0 Å². The van der Waals surface area contributed by atoms with E-state index >= 15 is 0 Å². The average Bonchev–Trinajstić information content (AvgIpc) is 2.70. The van der Waals surface area contributed by atoms with Crippen molar-refractivity contribution >= 4 is 31.9 Å². The molecule has 0 heterocycles. The molecule has 0 aromatic carbocycles. The SMILES string of the molecule is OCC(CO)(CO)COCC(CO)(COCCCCBr)COCCCCBr. The Balaban J connectivity index is 4.65. The van der Waals surface area contributed by atoms with Crippen LogP contribution in [0, 0.1) is 10.8 Å². The lowest BCUT2D eigenvalue weighted by Gasteiger charge is -2.34. The van der Waals surface area contributed by atoms with Gasteiger partial charge in [-0.3, -0.25) is 0 Å².